The third-order valence-electron chi connectivity index (χ3n) is 5.03. The smallest absolute Gasteiger partial charge is 0.227 e. The van der Waals surface area contributed by atoms with Crippen molar-refractivity contribution in [3.8, 4) is 0 Å². The summed E-state index contributed by atoms with van der Waals surface area (Å²) in [7, 11) is 2.07. The van der Waals surface area contributed by atoms with Crippen LogP contribution in [0.5, 0.6) is 0 Å². The second-order valence-electron chi connectivity index (χ2n) is 6.80. The van der Waals surface area contributed by atoms with E-state index in [1.165, 1.54) is 6.07 Å². The monoisotopic (exact) mass is 339 g/mol. The molecule has 0 bridgehead atoms. The van der Waals surface area contributed by atoms with Gasteiger partial charge in [-0.3, -0.25) is 4.79 Å². The Morgan fingerprint density at radius 3 is 2.56 bits per heavy atom. The highest BCUT2D eigenvalue weighted by atomic mass is 19.1. The number of para-hydroxylation sites is 1. The fourth-order valence-corrected chi connectivity index (χ4v) is 3.73. The summed E-state index contributed by atoms with van der Waals surface area (Å²) in [6.45, 7) is 3.15. The number of hydrogen-bond acceptors (Lipinski definition) is 3. The zero-order valence-electron chi connectivity index (χ0n) is 14.4. The van der Waals surface area contributed by atoms with E-state index in [4.69, 9.17) is 0 Å². The summed E-state index contributed by atoms with van der Waals surface area (Å²) >= 11 is 0. The van der Waals surface area contributed by atoms with Gasteiger partial charge in [0.25, 0.3) is 0 Å². The predicted octanol–water partition coefficient (Wildman–Crippen LogP) is 3.54. The van der Waals surface area contributed by atoms with Crippen LogP contribution in [-0.2, 0) is 11.3 Å². The van der Waals surface area contributed by atoms with E-state index in [-0.39, 0.29) is 11.7 Å². The maximum atomic E-state index is 14.4. The van der Waals surface area contributed by atoms with Crippen LogP contribution in [0.4, 0.5) is 21.5 Å². The minimum absolute atomic E-state index is 0.188. The first-order valence-electron chi connectivity index (χ1n) is 8.77. The van der Waals surface area contributed by atoms with Gasteiger partial charge in [-0.1, -0.05) is 12.1 Å². The molecule has 2 heterocycles. The third kappa shape index (κ3) is 3.00. The molecule has 130 valence electrons. The van der Waals surface area contributed by atoms with E-state index in [2.05, 4.69) is 18.0 Å². The van der Waals surface area contributed by atoms with Crippen molar-refractivity contribution in [1.82, 2.24) is 4.90 Å². The predicted molar refractivity (Wildman–Crippen MR) is 97.8 cm³/mol. The summed E-state index contributed by atoms with van der Waals surface area (Å²) in [6, 6.07) is 13.0. The number of anilines is 3. The van der Waals surface area contributed by atoms with E-state index in [0.29, 0.717) is 12.1 Å². The summed E-state index contributed by atoms with van der Waals surface area (Å²) < 4.78 is 14.4. The Hall–Kier alpha value is -2.40. The molecule has 0 aliphatic carbocycles. The molecular formula is C20H22FN3O. The average Bonchev–Trinajstić information content (AvgIpc) is 2.95. The number of amides is 1. The van der Waals surface area contributed by atoms with Gasteiger partial charge in [0.1, 0.15) is 5.82 Å². The van der Waals surface area contributed by atoms with Crippen LogP contribution in [0.1, 0.15) is 18.4 Å². The van der Waals surface area contributed by atoms with Gasteiger partial charge in [0.15, 0.2) is 0 Å². The number of rotatable bonds is 2. The topological polar surface area (TPSA) is 26.8 Å². The summed E-state index contributed by atoms with van der Waals surface area (Å²) in [5, 5.41) is 0. The van der Waals surface area contributed by atoms with Gasteiger partial charge in [0.05, 0.1) is 5.69 Å². The fourth-order valence-electron chi connectivity index (χ4n) is 3.73. The van der Waals surface area contributed by atoms with Gasteiger partial charge in [0, 0.05) is 44.0 Å². The minimum atomic E-state index is -0.211. The molecule has 1 saturated heterocycles. The normalized spacial score (nSPS) is 18.4. The molecular weight excluding hydrogens is 317 g/mol. The van der Waals surface area contributed by atoms with Crippen LogP contribution in [0.2, 0.25) is 0 Å². The molecule has 0 aromatic heterocycles. The van der Waals surface area contributed by atoms with Crippen LogP contribution >= 0.6 is 0 Å². The van der Waals surface area contributed by atoms with E-state index in [9.17, 15) is 9.18 Å². The van der Waals surface area contributed by atoms with Crippen molar-refractivity contribution in [2.45, 2.75) is 19.4 Å². The van der Waals surface area contributed by atoms with Crippen molar-refractivity contribution in [2.75, 3.05) is 36.5 Å². The fraction of sp³-hybridized carbons (Fsp3) is 0.350. The first kappa shape index (κ1) is 16.1. The standard InChI is InChI=1S/C20H22FN3O/c1-22-11-12-24(19-6-3-2-5-17(19)21)18-9-8-16(13-15(18)14-22)23-10-4-7-20(23)25/h2-3,5-6,8-9,13H,4,7,10-12,14H2,1H3. The second-order valence-corrected chi connectivity index (χ2v) is 6.80. The van der Waals surface area contributed by atoms with Gasteiger partial charge in [-0.05, 0) is 49.4 Å². The number of likely N-dealkylation sites (N-methyl/N-ethyl adjacent to an activating group) is 1. The Labute approximate surface area is 147 Å². The number of hydrogen-bond donors (Lipinski definition) is 0. The maximum Gasteiger partial charge on any atom is 0.227 e. The van der Waals surface area contributed by atoms with Crippen molar-refractivity contribution >= 4 is 23.0 Å². The van der Waals surface area contributed by atoms with Crippen LogP contribution in [0, 0.1) is 5.82 Å². The molecule has 2 aromatic carbocycles. The number of halogens is 1. The van der Waals surface area contributed by atoms with Crippen LogP contribution in [0.25, 0.3) is 0 Å². The highest BCUT2D eigenvalue weighted by Gasteiger charge is 2.25. The Morgan fingerprint density at radius 2 is 1.80 bits per heavy atom. The molecule has 2 aliphatic rings. The third-order valence-corrected chi connectivity index (χ3v) is 5.03. The van der Waals surface area contributed by atoms with Gasteiger partial charge in [-0.15, -0.1) is 0 Å². The molecule has 0 atom stereocenters. The highest BCUT2D eigenvalue weighted by molar-refractivity contribution is 5.95. The van der Waals surface area contributed by atoms with Gasteiger partial charge in [-0.25, -0.2) is 4.39 Å². The lowest BCUT2D eigenvalue weighted by atomic mass is 10.1. The van der Waals surface area contributed by atoms with Crippen molar-refractivity contribution in [3.63, 3.8) is 0 Å². The van der Waals surface area contributed by atoms with E-state index in [0.717, 1.165) is 49.5 Å². The Bertz CT molecular complexity index is 807. The molecule has 0 saturated carbocycles. The first-order valence-corrected chi connectivity index (χ1v) is 8.77. The lowest BCUT2D eigenvalue weighted by molar-refractivity contribution is -0.117. The molecule has 4 nitrogen and oxygen atoms in total. The zero-order valence-corrected chi connectivity index (χ0v) is 14.4. The Morgan fingerprint density at radius 1 is 0.960 bits per heavy atom. The van der Waals surface area contributed by atoms with Gasteiger partial charge in [-0.2, -0.15) is 0 Å². The molecule has 0 spiro atoms. The van der Waals surface area contributed by atoms with Crippen LogP contribution in [0.15, 0.2) is 42.5 Å². The van der Waals surface area contributed by atoms with Crippen LogP contribution < -0.4 is 9.80 Å². The molecule has 1 amide bonds. The highest BCUT2D eigenvalue weighted by Crippen LogP contribution is 2.35. The molecule has 2 aromatic rings. The Balaban J connectivity index is 1.77. The summed E-state index contributed by atoms with van der Waals surface area (Å²) in [5.41, 5.74) is 3.69. The lowest BCUT2D eigenvalue weighted by Gasteiger charge is -2.26. The molecule has 1 fully saturated rings. The summed E-state index contributed by atoms with van der Waals surface area (Å²) in [4.78, 5) is 18.2. The van der Waals surface area contributed by atoms with Gasteiger partial charge >= 0.3 is 0 Å². The molecule has 4 rings (SSSR count). The SMILES string of the molecule is CN1CCN(c2ccccc2F)c2ccc(N3CCCC3=O)cc2C1. The maximum absolute atomic E-state index is 14.4. The summed E-state index contributed by atoms with van der Waals surface area (Å²) in [5.74, 6) is -0.0234. The van der Waals surface area contributed by atoms with E-state index < -0.39 is 0 Å². The molecule has 0 unspecified atom stereocenters. The average molecular weight is 339 g/mol. The minimum Gasteiger partial charge on any atom is -0.338 e. The second kappa shape index (κ2) is 6.48. The number of nitrogens with zero attached hydrogens (tertiary/aromatic N) is 3. The van der Waals surface area contributed by atoms with Crippen molar-refractivity contribution in [3.05, 3.63) is 53.8 Å². The molecule has 2 aliphatic heterocycles. The zero-order chi connectivity index (χ0) is 17.4. The lowest BCUT2D eigenvalue weighted by Crippen LogP contribution is -2.26. The number of carbonyl (C=O) groups is 1. The van der Waals surface area contributed by atoms with Crippen LogP contribution in [-0.4, -0.2) is 37.5 Å². The van der Waals surface area contributed by atoms with Gasteiger partial charge < -0.3 is 14.7 Å². The van der Waals surface area contributed by atoms with Crippen LogP contribution in [0.3, 0.4) is 0 Å². The first-order chi connectivity index (χ1) is 12.1. The number of carbonyl (C=O) groups excluding carboxylic acids is 1. The molecule has 25 heavy (non-hydrogen) atoms. The van der Waals surface area contributed by atoms with Crippen molar-refractivity contribution in [1.29, 1.82) is 0 Å². The number of benzene rings is 2. The van der Waals surface area contributed by atoms with Crippen molar-refractivity contribution in [2.24, 2.45) is 0 Å². The summed E-state index contributed by atoms with van der Waals surface area (Å²) in [6.07, 6.45) is 1.54. The van der Waals surface area contributed by atoms with Crippen molar-refractivity contribution < 1.29 is 9.18 Å². The van der Waals surface area contributed by atoms with Gasteiger partial charge in [0.2, 0.25) is 5.91 Å². The molecule has 0 N–H and O–H groups in total. The Kier molecular flexibility index (Phi) is 4.17. The molecule has 5 heteroatoms. The van der Waals surface area contributed by atoms with E-state index >= 15 is 0 Å². The van der Waals surface area contributed by atoms with E-state index in [1.54, 1.807) is 6.07 Å². The number of fused-ring (bicyclic) bond motifs is 1. The molecule has 0 radical (unpaired) electrons. The van der Waals surface area contributed by atoms with E-state index in [1.807, 2.05) is 34.1 Å². The quantitative estimate of drug-likeness (QED) is 0.837. The largest absolute Gasteiger partial charge is 0.338 e.